The minimum Gasteiger partial charge on any atom is -0.444 e. The number of carbonyl (C=O) groups excluding carboxylic acids is 1. The molecule has 0 fully saturated rings. The summed E-state index contributed by atoms with van der Waals surface area (Å²) >= 11 is 0. The lowest BCUT2D eigenvalue weighted by Crippen LogP contribution is -2.34. The monoisotopic (exact) mass is 292 g/mol. The highest BCUT2D eigenvalue weighted by atomic mass is 32.3. The van der Waals surface area contributed by atoms with Crippen molar-refractivity contribution in [1.29, 1.82) is 0 Å². The van der Waals surface area contributed by atoms with Crippen LogP contribution in [0.5, 0.6) is 0 Å². The van der Waals surface area contributed by atoms with E-state index in [0.717, 1.165) is 0 Å². The van der Waals surface area contributed by atoms with Crippen molar-refractivity contribution in [3.63, 3.8) is 0 Å². The van der Waals surface area contributed by atoms with Gasteiger partial charge in [-0.15, -0.1) is 10.8 Å². The SMILES string of the molecule is CC(C)(C)OC(=O)NCCn1cc(S(N)(O)O)cn1. The molecule has 19 heavy (non-hydrogen) atoms. The fraction of sp³-hybridized carbons (Fsp3) is 0.600. The number of hydrogen-bond acceptors (Lipinski definition) is 6. The molecule has 0 aliphatic rings. The second-order valence-corrected chi connectivity index (χ2v) is 6.62. The summed E-state index contributed by atoms with van der Waals surface area (Å²) in [5, 5.41) is 11.6. The lowest BCUT2D eigenvalue weighted by atomic mass is 10.2. The zero-order valence-corrected chi connectivity index (χ0v) is 12.0. The van der Waals surface area contributed by atoms with Crippen molar-refractivity contribution in [2.75, 3.05) is 6.54 Å². The molecular formula is C10H20N4O4S. The van der Waals surface area contributed by atoms with E-state index in [1.807, 2.05) is 0 Å². The van der Waals surface area contributed by atoms with Crippen LogP contribution >= 0.6 is 10.8 Å². The molecule has 0 aliphatic heterocycles. The van der Waals surface area contributed by atoms with Gasteiger partial charge in [0.25, 0.3) is 0 Å². The molecule has 0 aromatic carbocycles. The Bertz CT molecular complexity index is 435. The molecule has 8 nitrogen and oxygen atoms in total. The van der Waals surface area contributed by atoms with Gasteiger partial charge in [-0.3, -0.25) is 13.8 Å². The number of ether oxygens (including phenoxy) is 1. The first-order valence-corrected chi connectivity index (χ1v) is 7.24. The van der Waals surface area contributed by atoms with E-state index in [2.05, 4.69) is 10.4 Å². The van der Waals surface area contributed by atoms with E-state index in [9.17, 15) is 13.9 Å². The molecule has 1 aromatic heterocycles. The Balaban J connectivity index is 2.38. The van der Waals surface area contributed by atoms with E-state index in [1.54, 1.807) is 20.8 Å². The minimum atomic E-state index is -3.24. The predicted molar refractivity (Wildman–Crippen MR) is 71.8 cm³/mol. The fourth-order valence-corrected chi connectivity index (χ4v) is 1.69. The summed E-state index contributed by atoms with van der Waals surface area (Å²) < 4.78 is 24.9. The third-order valence-corrected chi connectivity index (χ3v) is 2.87. The summed E-state index contributed by atoms with van der Waals surface area (Å²) in [5.41, 5.74) is -0.542. The molecule has 0 atom stereocenters. The van der Waals surface area contributed by atoms with Gasteiger partial charge in [0.05, 0.1) is 12.7 Å². The molecule has 110 valence electrons. The Hall–Kier alpha value is -1.29. The number of amides is 1. The molecule has 0 unspecified atom stereocenters. The number of carbonyl (C=O) groups is 1. The van der Waals surface area contributed by atoms with E-state index in [1.165, 1.54) is 17.1 Å². The van der Waals surface area contributed by atoms with Crippen molar-refractivity contribution in [3.05, 3.63) is 12.4 Å². The van der Waals surface area contributed by atoms with Crippen molar-refractivity contribution in [3.8, 4) is 0 Å². The Kier molecular flexibility index (Phi) is 4.80. The highest BCUT2D eigenvalue weighted by Gasteiger charge is 2.16. The van der Waals surface area contributed by atoms with Crippen LogP contribution in [0.2, 0.25) is 0 Å². The Morgan fingerprint density at radius 1 is 1.58 bits per heavy atom. The quantitative estimate of drug-likeness (QED) is 0.665. The van der Waals surface area contributed by atoms with Crippen molar-refractivity contribution >= 4 is 16.9 Å². The van der Waals surface area contributed by atoms with Crippen LogP contribution in [-0.2, 0) is 11.3 Å². The van der Waals surface area contributed by atoms with Crippen LogP contribution in [-0.4, -0.2) is 37.1 Å². The first-order chi connectivity index (χ1) is 8.58. The van der Waals surface area contributed by atoms with Gasteiger partial charge in [0.1, 0.15) is 10.5 Å². The van der Waals surface area contributed by atoms with E-state index in [0.29, 0.717) is 13.1 Å². The molecule has 0 bridgehead atoms. The summed E-state index contributed by atoms with van der Waals surface area (Å²) in [6, 6.07) is 0. The first kappa shape index (κ1) is 15.8. The van der Waals surface area contributed by atoms with Crippen LogP contribution in [0.25, 0.3) is 0 Å². The number of alkyl carbamates (subject to hydrolysis) is 1. The molecule has 5 N–H and O–H groups in total. The number of rotatable bonds is 4. The number of hydrogen-bond donors (Lipinski definition) is 4. The fourth-order valence-electron chi connectivity index (χ4n) is 1.21. The van der Waals surface area contributed by atoms with Crippen molar-refractivity contribution in [2.45, 2.75) is 37.8 Å². The molecular weight excluding hydrogens is 272 g/mol. The topological polar surface area (TPSA) is 123 Å². The summed E-state index contributed by atoms with van der Waals surface area (Å²) in [7, 11) is -3.24. The molecule has 0 spiro atoms. The normalized spacial score (nSPS) is 13.2. The van der Waals surface area contributed by atoms with Crippen molar-refractivity contribution in [1.82, 2.24) is 15.1 Å². The zero-order chi connectivity index (χ0) is 14.7. The largest absolute Gasteiger partial charge is 0.444 e. The molecule has 0 saturated heterocycles. The van der Waals surface area contributed by atoms with Crippen LogP contribution in [0.1, 0.15) is 20.8 Å². The van der Waals surface area contributed by atoms with Crippen molar-refractivity contribution in [2.24, 2.45) is 5.14 Å². The third-order valence-electron chi connectivity index (χ3n) is 1.97. The van der Waals surface area contributed by atoms with E-state index < -0.39 is 22.5 Å². The van der Waals surface area contributed by atoms with Gasteiger partial charge in [-0.1, -0.05) is 0 Å². The molecule has 0 radical (unpaired) electrons. The van der Waals surface area contributed by atoms with Gasteiger partial charge < -0.3 is 10.1 Å². The van der Waals surface area contributed by atoms with E-state index in [4.69, 9.17) is 9.88 Å². The van der Waals surface area contributed by atoms with Gasteiger partial charge in [0, 0.05) is 12.7 Å². The van der Waals surface area contributed by atoms with Crippen LogP contribution in [0.4, 0.5) is 4.79 Å². The molecule has 9 heteroatoms. The van der Waals surface area contributed by atoms with Crippen LogP contribution in [0.15, 0.2) is 17.3 Å². The number of aromatic nitrogens is 2. The Labute approximate surface area is 113 Å². The molecule has 0 saturated carbocycles. The highest BCUT2D eigenvalue weighted by Crippen LogP contribution is 2.38. The van der Waals surface area contributed by atoms with Gasteiger partial charge in [0.2, 0.25) is 0 Å². The van der Waals surface area contributed by atoms with Crippen LogP contribution in [0.3, 0.4) is 0 Å². The average molecular weight is 292 g/mol. The first-order valence-electron chi connectivity index (χ1n) is 5.63. The summed E-state index contributed by atoms with van der Waals surface area (Å²) in [6.45, 7) is 6.00. The average Bonchev–Trinajstić information content (AvgIpc) is 2.62. The second kappa shape index (κ2) is 5.78. The summed E-state index contributed by atoms with van der Waals surface area (Å²) in [4.78, 5) is 11.5. The minimum absolute atomic E-state index is 0.157. The highest BCUT2D eigenvalue weighted by molar-refractivity contribution is 8.22. The molecule has 1 amide bonds. The Morgan fingerprint density at radius 2 is 2.21 bits per heavy atom. The molecule has 1 aromatic rings. The lowest BCUT2D eigenvalue weighted by molar-refractivity contribution is 0.0525. The van der Waals surface area contributed by atoms with Gasteiger partial charge in [-0.25, -0.2) is 9.93 Å². The summed E-state index contributed by atoms with van der Waals surface area (Å²) in [6.07, 6.45) is 2.19. The van der Waals surface area contributed by atoms with Crippen molar-refractivity contribution < 1.29 is 18.6 Å². The van der Waals surface area contributed by atoms with Gasteiger partial charge >= 0.3 is 6.09 Å². The maximum atomic E-state index is 11.4. The third kappa shape index (κ3) is 5.92. The second-order valence-electron chi connectivity index (χ2n) is 4.96. The molecule has 1 heterocycles. The number of nitrogens with zero attached hydrogens (tertiary/aromatic N) is 2. The van der Waals surface area contributed by atoms with Gasteiger partial charge in [-0.2, -0.15) is 5.10 Å². The number of nitrogens with two attached hydrogens (primary N) is 1. The van der Waals surface area contributed by atoms with Gasteiger partial charge in [-0.05, 0) is 20.8 Å². The maximum absolute atomic E-state index is 11.4. The smallest absolute Gasteiger partial charge is 0.407 e. The predicted octanol–water partition coefficient (Wildman–Crippen LogP) is 1.39. The molecule has 0 aliphatic carbocycles. The Morgan fingerprint density at radius 3 is 2.68 bits per heavy atom. The number of nitrogens with one attached hydrogen (secondary N) is 1. The molecule has 1 rings (SSSR count). The van der Waals surface area contributed by atoms with E-state index >= 15 is 0 Å². The standard InChI is InChI=1S/C10H20N4O4S/c1-10(2,3)18-9(15)12-4-5-14-7-8(6-13-14)19(11,16)17/h6-7,16-17H,4-5,11H2,1-3H3,(H,12,15). The summed E-state index contributed by atoms with van der Waals surface area (Å²) in [5.74, 6) is 0. The van der Waals surface area contributed by atoms with E-state index in [-0.39, 0.29) is 4.90 Å². The zero-order valence-electron chi connectivity index (χ0n) is 11.2. The van der Waals surface area contributed by atoms with Crippen LogP contribution < -0.4 is 10.5 Å². The maximum Gasteiger partial charge on any atom is 0.407 e. The van der Waals surface area contributed by atoms with Crippen LogP contribution in [0, 0.1) is 0 Å². The lowest BCUT2D eigenvalue weighted by Gasteiger charge is -2.23. The van der Waals surface area contributed by atoms with Gasteiger partial charge in [0.15, 0.2) is 0 Å².